The van der Waals surface area contributed by atoms with Gasteiger partial charge in [0.25, 0.3) is 5.56 Å². The molecule has 1 saturated heterocycles. The lowest BCUT2D eigenvalue weighted by atomic mass is 10.1. The molecule has 1 atom stereocenters. The van der Waals surface area contributed by atoms with Crippen molar-refractivity contribution in [1.29, 1.82) is 0 Å². The van der Waals surface area contributed by atoms with Gasteiger partial charge in [0, 0.05) is 20.6 Å². The van der Waals surface area contributed by atoms with Gasteiger partial charge in [0.05, 0.1) is 0 Å². The van der Waals surface area contributed by atoms with Crippen LogP contribution in [-0.2, 0) is 14.1 Å². The number of nitrogens with zero attached hydrogens (tertiary/aromatic N) is 3. The molecule has 2 aromatic rings. The molecule has 0 bridgehead atoms. The summed E-state index contributed by atoms with van der Waals surface area (Å²) in [5.41, 5.74) is 0.0344. The first-order valence-corrected chi connectivity index (χ1v) is 7.70. The SMILES string of the molecule is Cn1c(=O)c2[nH]c(NCC3CCSC3)nc2n(C)c1=O. The molecule has 1 unspecified atom stereocenters. The third-order valence-electron chi connectivity index (χ3n) is 3.68. The number of hydrogen-bond acceptors (Lipinski definition) is 5. The summed E-state index contributed by atoms with van der Waals surface area (Å²) >= 11 is 1.96. The zero-order valence-electron chi connectivity index (χ0n) is 11.5. The first kappa shape index (κ1) is 13.3. The number of thioether (sulfide) groups is 1. The second-order valence-electron chi connectivity index (χ2n) is 5.10. The Balaban J connectivity index is 1.94. The Hall–Kier alpha value is -1.70. The van der Waals surface area contributed by atoms with Crippen molar-refractivity contribution in [2.75, 3.05) is 23.4 Å². The van der Waals surface area contributed by atoms with Crippen LogP contribution in [-0.4, -0.2) is 37.2 Å². The van der Waals surface area contributed by atoms with Gasteiger partial charge < -0.3 is 10.3 Å². The van der Waals surface area contributed by atoms with E-state index in [1.54, 1.807) is 7.05 Å². The largest absolute Gasteiger partial charge is 0.355 e. The van der Waals surface area contributed by atoms with Crippen molar-refractivity contribution in [2.45, 2.75) is 6.42 Å². The number of anilines is 1. The van der Waals surface area contributed by atoms with Crippen molar-refractivity contribution in [1.82, 2.24) is 19.1 Å². The minimum atomic E-state index is -0.368. The standard InChI is InChI=1S/C12H17N5O2S/c1-16-9-8(10(18)17(2)12(16)19)14-11(15-9)13-5-7-3-4-20-6-7/h7H,3-6H2,1-2H3,(H2,13,14,15). The van der Waals surface area contributed by atoms with E-state index >= 15 is 0 Å². The van der Waals surface area contributed by atoms with E-state index in [1.165, 1.54) is 23.8 Å². The number of H-pyrrole nitrogens is 1. The topological polar surface area (TPSA) is 84.7 Å². The maximum Gasteiger partial charge on any atom is 0.332 e. The normalized spacial score (nSPS) is 18.8. The molecule has 0 spiro atoms. The molecular weight excluding hydrogens is 278 g/mol. The van der Waals surface area contributed by atoms with Crippen LogP contribution < -0.4 is 16.6 Å². The van der Waals surface area contributed by atoms with Gasteiger partial charge in [-0.05, 0) is 23.8 Å². The average molecular weight is 295 g/mol. The minimum absolute atomic E-state index is 0.347. The Morgan fingerprint density at radius 2 is 2.20 bits per heavy atom. The molecule has 0 amide bonds. The van der Waals surface area contributed by atoms with Crippen molar-refractivity contribution in [3.05, 3.63) is 20.8 Å². The Labute approximate surface area is 119 Å². The van der Waals surface area contributed by atoms with Crippen molar-refractivity contribution in [2.24, 2.45) is 20.0 Å². The van der Waals surface area contributed by atoms with Crippen LogP contribution in [0, 0.1) is 5.92 Å². The maximum atomic E-state index is 12.0. The monoisotopic (exact) mass is 295 g/mol. The fourth-order valence-electron chi connectivity index (χ4n) is 2.40. The number of hydrogen-bond donors (Lipinski definition) is 2. The summed E-state index contributed by atoms with van der Waals surface area (Å²) in [6.07, 6.45) is 1.21. The summed E-state index contributed by atoms with van der Waals surface area (Å²) in [6.45, 7) is 0.834. The van der Waals surface area contributed by atoms with Crippen LogP contribution in [0.5, 0.6) is 0 Å². The molecule has 3 rings (SSSR count). The van der Waals surface area contributed by atoms with Crippen LogP contribution in [0.4, 0.5) is 5.95 Å². The van der Waals surface area contributed by atoms with Gasteiger partial charge >= 0.3 is 5.69 Å². The Kier molecular flexibility index (Phi) is 3.33. The Bertz CT molecular complexity index is 754. The molecule has 1 aliphatic rings. The van der Waals surface area contributed by atoms with Gasteiger partial charge in [-0.15, -0.1) is 0 Å². The Morgan fingerprint density at radius 1 is 1.40 bits per heavy atom. The lowest BCUT2D eigenvalue weighted by Crippen LogP contribution is -2.36. The summed E-state index contributed by atoms with van der Waals surface area (Å²) < 4.78 is 2.46. The molecule has 20 heavy (non-hydrogen) atoms. The van der Waals surface area contributed by atoms with E-state index < -0.39 is 0 Å². The van der Waals surface area contributed by atoms with Crippen molar-refractivity contribution in [3.63, 3.8) is 0 Å². The van der Waals surface area contributed by atoms with Gasteiger partial charge in [-0.2, -0.15) is 16.7 Å². The van der Waals surface area contributed by atoms with E-state index in [2.05, 4.69) is 15.3 Å². The van der Waals surface area contributed by atoms with Crippen molar-refractivity contribution in [3.8, 4) is 0 Å². The molecule has 0 aliphatic carbocycles. The van der Waals surface area contributed by atoms with Gasteiger partial charge in [-0.1, -0.05) is 0 Å². The van der Waals surface area contributed by atoms with Crippen LogP contribution in [0.2, 0.25) is 0 Å². The highest BCUT2D eigenvalue weighted by molar-refractivity contribution is 7.99. The van der Waals surface area contributed by atoms with Gasteiger partial charge in [0.1, 0.15) is 0 Å². The molecule has 7 nitrogen and oxygen atoms in total. The highest BCUT2D eigenvalue weighted by Crippen LogP contribution is 2.23. The first-order chi connectivity index (χ1) is 9.58. The molecule has 0 saturated carbocycles. The minimum Gasteiger partial charge on any atom is -0.355 e. The van der Waals surface area contributed by atoms with E-state index in [0.717, 1.165) is 16.9 Å². The van der Waals surface area contributed by atoms with Crippen molar-refractivity contribution < 1.29 is 0 Å². The number of rotatable bonds is 3. The van der Waals surface area contributed by atoms with E-state index in [0.29, 0.717) is 23.0 Å². The molecule has 1 aliphatic heterocycles. The highest BCUT2D eigenvalue weighted by Gasteiger charge is 2.17. The van der Waals surface area contributed by atoms with Gasteiger partial charge in [0.15, 0.2) is 11.2 Å². The number of aromatic nitrogens is 4. The summed E-state index contributed by atoms with van der Waals surface area (Å²) in [6, 6.07) is 0. The summed E-state index contributed by atoms with van der Waals surface area (Å²) in [4.78, 5) is 31.1. The van der Waals surface area contributed by atoms with Crippen molar-refractivity contribution >= 4 is 28.9 Å². The average Bonchev–Trinajstić information content (AvgIpc) is 3.09. The lowest BCUT2D eigenvalue weighted by molar-refractivity contribution is 0.629. The lowest BCUT2D eigenvalue weighted by Gasteiger charge is -2.07. The zero-order valence-corrected chi connectivity index (χ0v) is 12.3. The Morgan fingerprint density at radius 3 is 2.90 bits per heavy atom. The molecule has 1 fully saturated rings. The molecule has 0 aromatic carbocycles. The fourth-order valence-corrected chi connectivity index (χ4v) is 3.68. The summed E-state index contributed by atoms with van der Waals surface area (Å²) in [5.74, 6) is 3.56. The van der Waals surface area contributed by atoms with Crippen LogP contribution in [0.25, 0.3) is 11.2 Å². The first-order valence-electron chi connectivity index (χ1n) is 6.55. The van der Waals surface area contributed by atoms with E-state index in [-0.39, 0.29) is 11.2 Å². The number of nitrogens with one attached hydrogen (secondary N) is 2. The quantitative estimate of drug-likeness (QED) is 0.840. The maximum absolute atomic E-state index is 12.0. The molecule has 2 N–H and O–H groups in total. The van der Waals surface area contributed by atoms with Crippen LogP contribution in [0.1, 0.15) is 6.42 Å². The second-order valence-corrected chi connectivity index (χ2v) is 6.25. The second kappa shape index (κ2) is 5.01. The fraction of sp³-hybridized carbons (Fsp3) is 0.583. The zero-order chi connectivity index (χ0) is 14.3. The smallest absolute Gasteiger partial charge is 0.332 e. The van der Waals surface area contributed by atoms with Crippen LogP contribution in [0.15, 0.2) is 9.59 Å². The van der Waals surface area contributed by atoms with Gasteiger partial charge in [0.2, 0.25) is 5.95 Å². The number of imidazole rings is 1. The molecular formula is C12H17N5O2S. The third-order valence-corrected chi connectivity index (χ3v) is 4.91. The van der Waals surface area contributed by atoms with E-state index in [1.807, 2.05) is 11.8 Å². The molecule has 2 aromatic heterocycles. The number of aromatic amines is 1. The predicted octanol–water partition coefficient (Wildman–Crippen LogP) is 0.125. The summed E-state index contributed by atoms with van der Waals surface area (Å²) in [7, 11) is 3.08. The molecule has 108 valence electrons. The number of aryl methyl sites for hydroxylation is 1. The summed E-state index contributed by atoms with van der Waals surface area (Å²) in [5, 5.41) is 3.23. The third kappa shape index (κ3) is 2.13. The highest BCUT2D eigenvalue weighted by atomic mass is 32.2. The molecule has 3 heterocycles. The predicted molar refractivity (Wildman–Crippen MR) is 80.5 cm³/mol. The van der Waals surface area contributed by atoms with E-state index in [4.69, 9.17) is 0 Å². The van der Waals surface area contributed by atoms with Gasteiger partial charge in [-0.3, -0.25) is 13.9 Å². The molecule has 8 heteroatoms. The number of fused-ring (bicyclic) bond motifs is 1. The van der Waals surface area contributed by atoms with E-state index in [9.17, 15) is 9.59 Å². The van der Waals surface area contributed by atoms with Crippen LogP contribution in [0.3, 0.4) is 0 Å². The van der Waals surface area contributed by atoms with Gasteiger partial charge in [-0.25, -0.2) is 4.79 Å². The molecule has 0 radical (unpaired) electrons. The van der Waals surface area contributed by atoms with Crippen LogP contribution >= 0.6 is 11.8 Å².